The third kappa shape index (κ3) is 6.61. The molecule has 0 spiro atoms. The van der Waals surface area contributed by atoms with Crippen LogP contribution < -0.4 is 10.2 Å². The van der Waals surface area contributed by atoms with Crippen molar-refractivity contribution in [3.05, 3.63) is 64.6 Å². The highest BCUT2D eigenvalue weighted by atomic mass is 32.2. The highest BCUT2D eigenvalue weighted by Gasteiger charge is 2.31. The first kappa shape index (κ1) is 25.8. The van der Waals surface area contributed by atoms with Crippen LogP contribution >= 0.6 is 24.0 Å². The van der Waals surface area contributed by atoms with Gasteiger partial charge in [0, 0.05) is 24.5 Å². The van der Waals surface area contributed by atoms with E-state index < -0.39 is 0 Å². The molecule has 34 heavy (non-hydrogen) atoms. The van der Waals surface area contributed by atoms with E-state index in [1.807, 2.05) is 25.1 Å². The number of rotatable bonds is 11. The smallest absolute Gasteiger partial charge is 0.338 e. The quantitative estimate of drug-likeness (QED) is 0.183. The van der Waals surface area contributed by atoms with Crippen LogP contribution in [0.2, 0.25) is 0 Å². The second-order valence-corrected chi connectivity index (χ2v) is 9.45. The number of carbonyl (C=O) groups excluding carboxylic acids is 2. The van der Waals surface area contributed by atoms with Gasteiger partial charge in [-0.3, -0.25) is 9.69 Å². The average Bonchev–Trinajstić information content (AvgIpc) is 3.12. The summed E-state index contributed by atoms with van der Waals surface area (Å²) in [5.41, 5.74) is 3.42. The van der Waals surface area contributed by atoms with Gasteiger partial charge in [0.2, 0.25) is 0 Å². The molecule has 1 amide bonds. The van der Waals surface area contributed by atoms with Gasteiger partial charge in [0.15, 0.2) is 0 Å². The summed E-state index contributed by atoms with van der Waals surface area (Å²) < 4.78 is 5.74. The van der Waals surface area contributed by atoms with Crippen LogP contribution in [0.3, 0.4) is 0 Å². The van der Waals surface area contributed by atoms with E-state index >= 15 is 0 Å². The fourth-order valence-corrected chi connectivity index (χ4v) is 4.70. The Morgan fingerprint density at radius 3 is 2.38 bits per heavy atom. The zero-order valence-corrected chi connectivity index (χ0v) is 21.5. The van der Waals surface area contributed by atoms with Gasteiger partial charge in [0.1, 0.15) is 4.32 Å². The van der Waals surface area contributed by atoms with Crippen LogP contribution in [-0.4, -0.2) is 47.5 Å². The number of nitrogens with one attached hydrogen (secondary N) is 1. The number of benzene rings is 2. The van der Waals surface area contributed by atoms with E-state index in [1.165, 1.54) is 17.4 Å². The Labute approximate surface area is 211 Å². The zero-order valence-electron chi connectivity index (χ0n) is 19.9. The van der Waals surface area contributed by atoms with E-state index in [2.05, 4.69) is 36.2 Å². The second-order valence-electron chi connectivity index (χ2n) is 7.78. The molecule has 0 unspecified atom stereocenters. The minimum Gasteiger partial charge on any atom is -0.462 e. The number of hydrogen-bond donors (Lipinski definition) is 1. The van der Waals surface area contributed by atoms with Crippen LogP contribution in [0, 0.1) is 0 Å². The fourth-order valence-electron chi connectivity index (χ4n) is 3.44. The Hall–Kier alpha value is -2.84. The first-order valence-corrected chi connectivity index (χ1v) is 12.8. The van der Waals surface area contributed by atoms with Crippen molar-refractivity contribution < 1.29 is 14.3 Å². The molecule has 1 aliphatic heterocycles. The number of anilines is 2. The molecule has 1 aliphatic rings. The van der Waals surface area contributed by atoms with E-state index in [9.17, 15) is 9.59 Å². The van der Waals surface area contributed by atoms with Gasteiger partial charge in [-0.25, -0.2) is 4.79 Å². The number of amides is 1. The van der Waals surface area contributed by atoms with Crippen LogP contribution in [0.25, 0.3) is 6.08 Å². The van der Waals surface area contributed by atoms with E-state index in [0.717, 1.165) is 37.2 Å². The molecule has 3 rings (SSSR count). The van der Waals surface area contributed by atoms with E-state index in [0.29, 0.717) is 21.4 Å². The lowest BCUT2D eigenvalue weighted by molar-refractivity contribution is -0.121. The Bertz CT molecular complexity index is 1030. The zero-order chi connectivity index (χ0) is 24.5. The Morgan fingerprint density at radius 1 is 1.09 bits per heavy atom. The predicted molar refractivity (Wildman–Crippen MR) is 145 cm³/mol. The normalized spacial score (nSPS) is 14.6. The molecule has 1 fully saturated rings. The van der Waals surface area contributed by atoms with Crippen LogP contribution in [0.4, 0.5) is 11.4 Å². The molecular weight excluding hydrogens is 466 g/mol. The molecular formula is C26H31N3O3S2. The average molecular weight is 498 g/mol. The summed E-state index contributed by atoms with van der Waals surface area (Å²) in [5.74, 6) is -0.446. The lowest BCUT2D eigenvalue weighted by Gasteiger charge is -2.20. The van der Waals surface area contributed by atoms with Gasteiger partial charge in [-0.15, -0.1) is 0 Å². The van der Waals surface area contributed by atoms with Crippen molar-refractivity contribution in [3.8, 4) is 0 Å². The van der Waals surface area contributed by atoms with Gasteiger partial charge < -0.3 is 15.0 Å². The largest absolute Gasteiger partial charge is 0.462 e. The van der Waals surface area contributed by atoms with E-state index in [1.54, 1.807) is 29.2 Å². The third-order valence-electron chi connectivity index (χ3n) is 5.49. The molecule has 1 heterocycles. The molecule has 0 bridgehead atoms. The molecule has 6 nitrogen and oxygen atoms in total. The lowest BCUT2D eigenvalue weighted by atomic mass is 10.1. The van der Waals surface area contributed by atoms with Gasteiger partial charge in [-0.05, 0) is 68.3 Å². The summed E-state index contributed by atoms with van der Waals surface area (Å²) in [4.78, 5) is 29.4. The van der Waals surface area contributed by atoms with Gasteiger partial charge >= 0.3 is 5.97 Å². The number of unbranched alkanes of at least 4 members (excludes halogenated alkanes) is 1. The summed E-state index contributed by atoms with van der Waals surface area (Å²) in [6.45, 7) is 8.90. The second kappa shape index (κ2) is 12.6. The summed E-state index contributed by atoms with van der Waals surface area (Å²) in [5, 5.41) is 3.20. The molecule has 1 N–H and O–H groups in total. The number of hydrogen-bond acceptors (Lipinski definition) is 7. The van der Waals surface area contributed by atoms with Crippen molar-refractivity contribution in [3.63, 3.8) is 0 Å². The van der Waals surface area contributed by atoms with Crippen molar-refractivity contribution >= 4 is 57.6 Å². The molecule has 2 aromatic rings. The van der Waals surface area contributed by atoms with Crippen molar-refractivity contribution in [2.75, 3.05) is 36.6 Å². The van der Waals surface area contributed by atoms with Crippen LogP contribution in [-0.2, 0) is 9.53 Å². The minimum atomic E-state index is -0.327. The van der Waals surface area contributed by atoms with Crippen molar-refractivity contribution in [1.29, 1.82) is 0 Å². The number of nitrogens with zero attached hydrogens (tertiary/aromatic N) is 2. The molecule has 180 valence electrons. The van der Waals surface area contributed by atoms with Crippen molar-refractivity contribution in [1.82, 2.24) is 4.90 Å². The Kier molecular flexibility index (Phi) is 9.53. The maximum absolute atomic E-state index is 12.9. The lowest BCUT2D eigenvalue weighted by Crippen LogP contribution is -2.33. The third-order valence-corrected chi connectivity index (χ3v) is 6.86. The van der Waals surface area contributed by atoms with Crippen LogP contribution in [0.5, 0.6) is 0 Å². The first-order chi connectivity index (χ1) is 16.5. The number of thioether (sulfide) groups is 1. The summed E-state index contributed by atoms with van der Waals surface area (Å²) in [7, 11) is 0. The molecule has 1 saturated heterocycles. The molecule has 0 radical (unpaired) electrons. The highest BCUT2D eigenvalue weighted by Crippen LogP contribution is 2.32. The maximum atomic E-state index is 12.9. The number of thiocarbonyl (C=S) groups is 1. The summed E-state index contributed by atoms with van der Waals surface area (Å²) in [6.07, 6.45) is 3.71. The molecule has 8 heteroatoms. The molecule has 2 aromatic carbocycles. The van der Waals surface area contributed by atoms with Gasteiger partial charge in [0.25, 0.3) is 5.91 Å². The molecule has 0 saturated carbocycles. The first-order valence-electron chi connectivity index (χ1n) is 11.6. The summed E-state index contributed by atoms with van der Waals surface area (Å²) >= 11 is 6.74. The maximum Gasteiger partial charge on any atom is 0.338 e. The van der Waals surface area contributed by atoms with E-state index in [-0.39, 0.29) is 18.5 Å². The predicted octanol–water partition coefficient (Wildman–Crippen LogP) is 5.76. The summed E-state index contributed by atoms with van der Waals surface area (Å²) in [6, 6.07) is 15.2. The minimum absolute atomic E-state index is 0.119. The highest BCUT2D eigenvalue weighted by molar-refractivity contribution is 8.26. The monoisotopic (exact) mass is 497 g/mol. The van der Waals surface area contributed by atoms with Gasteiger partial charge in [-0.2, -0.15) is 0 Å². The topological polar surface area (TPSA) is 61.9 Å². The Morgan fingerprint density at radius 2 is 1.76 bits per heavy atom. The fraction of sp³-hybridized carbons (Fsp3) is 0.346. The Balaban J connectivity index is 1.58. The van der Waals surface area contributed by atoms with Crippen molar-refractivity contribution in [2.45, 2.75) is 33.6 Å². The molecule has 0 aliphatic carbocycles. The van der Waals surface area contributed by atoms with Crippen LogP contribution in [0.1, 0.15) is 49.5 Å². The number of ether oxygens (including phenoxy) is 1. The number of carbonyl (C=O) groups is 2. The standard InChI is InChI=1S/C26H31N3O3S2/c1-4-7-16-32-25(31)20-10-12-21(13-11-20)27-18-29-24(30)23(34-26(29)33)17-19-8-14-22(15-9-19)28(5-2)6-3/h8-15,17,27H,4-7,16,18H2,1-3H3. The van der Waals surface area contributed by atoms with Gasteiger partial charge in [-0.1, -0.05) is 49.5 Å². The molecule has 0 aromatic heterocycles. The molecule has 0 atom stereocenters. The van der Waals surface area contributed by atoms with E-state index in [4.69, 9.17) is 17.0 Å². The number of esters is 1. The van der Waals surface area contributed by atoms with Gasteiger partial charge in [0.05, 0.1) is 23.7 Å². The van der Waals surface area contributed by atoms with Crippen LogP contribution in [0.15, 0.2) is 53.4 Å². The van der Waals surface area contributed by atoms with Crippen molar-refractivity contribution in [2.24, 2.45) is 0 Å². The SMILES string of the molecule is CCCCOC(=O)c1ccc(NCN2C(=O)C(=Cc3ccc(N(CC)CC)cc3)SC2=S)cc1.